The molecule has 0 aromatic heterocycles. The number of esters is 1. The molecule has 0 aromatic rings. The summed E-state index contributed by atoms with van der Waals surface area (Å²) in [5.74, 6) is -0.741. The van der Waals surface area contributed by atoms with Crippen LogP contribution in [0.3, 0.4) is 0 Å². The third-order valence-electron chi connectivity index (χ3n) is 8.95. The second kappa shape index (κ2) is 5.87. The SMILES string of the molecule is [2H]C1=C2C[C@H](SC)[C@H]3[C@@H](CC[C@]4(C)[C@@H]3CC[C@]43CC([2H])([2H])C(=O)O3)[C@]2(C)CC([2H])([2H])C1=O. The Morgan fingerprint density at radius 3 is 2.63 bits per heavy atom. The average molecular weight is 394 g/mol. The van der Waals surface area contributed by atoms with E-state index in [9.17, 15) is 9.59 Å². The van der Waals surface area contributed by atoms with E-state index < -0.39 is 35.5 Å². The lowest BCUT2D eigenvalue weighted by atomic mass is 9.46. The van der Waals surface area contributed by atoms with Crippen LogP contribution in [0.15, 0.2) is 11.6 Å². The van der Waals surface area contributed by atoms with Gasteiger partial charge in [0.25, 0.3) is 0 Å². The van der Waals surface area contributed by atoms with Gasteiger partial charge in [-0.3, -0.25) is 9.59 Å². The Balaban J connectivity index is 1.58. The number of ketones is 1. The number of thioether (sulfide) groups is 1. The predicted molar refractivity (Wildman–Crippen MR) is 107 cm³/mol. The first-order valence-electron chi connectivity index (χ1n) is 12.7. The van der Waals surface area contributed by atoms with Crippen molar-refractivity contribution >= 4 is 23.5 Å². The van der Waals surface area contributed by atoms with E-state index in [1.807, 2.05) is 0 Å². The Morgan fingerprint density at radius 1 is 1.15 bits per heavy atom. The van der Waals surface area contributed by atoms with Crippen LogP contribution in [0.4, 0.5) is 0 Å². The molecule has 5 rings (SSSR count). The molecule has 0 aromatic carbocycles. The first-order valence-corrected chi connectivity index (χ1v) is 11.5. The average Bonchev–Trinajstić information content (AvgIpc) is 3.11. The standard InChI is InChI=1S/C23H32O3S/c1-21-8-4-15(24)12-14(21)13-18(27-3)20-16(21)5-9-22(2)17(20)6-10-23(22)11-7-19(25)26-23/h12,16-18,20H,4-11,13H2,1-3H3/t16-,17-,18+,20+,21-,22-,23+/m1/s1/i4D2,7D2,12D. The Kier molecular flexibility index (Phi) is 2.93. The largest absolute Gasteiger partial charge is 0.458 e. The van der Waals surface area contributed by atoms with Crippen LogP contribution in [0.1, 0.15) is 78.4 Å². The van der Waals surface area contributed by atoms with E-state index in [0.29, 0.717) is 12.8 Å². The van der Waals surface area contributed by atoms with Crippen molar-refractivity contribution in [2.24, 2.45) is 28.6 Å². The first-order chi connectivity index (χ1) is 14.7. The Hall–Kier alpha value is -0.770. The fourth-order valence-electron chi connectivity index (χ4n) is 7.38. The zero-order valence-electron chi connectivity index (χ0n) is 21.4. The molecule has 4 aliphatic carbocycles. The minimum absolute atomic E-state index is 0.115. The molecule has 0 bridgehead atoms. The first kappa shape index (κ1) is 13.5. The van der Waals surface area contributed by atoms with Crippen LogP contribution in [-0.2, 0) is 14.3 Å². The number of hydrogen-bond acceptors (Lipinski definition) is 4. The molecule has 3 saturated carbocycles. The molecule has 5 aliphatic rings. The van der Waals surface area contributed by atoms with E-state index in [1.54, 1.807) is 11.8 Å². The number of carbonyl (C=O) groups excluding carboxylic acids is 2. The molecule has 1 aliphatic heterocycles. The van der Waals surface area contributed by atoms with E-state index in [1.165, 1.54) is 0 Å². The second-order valence-corrected chi connectivity index (χ2v) is 10.8. The number of rotatable bonds is 1. The highest BCUT2D eigenvalue weighted by Gasteiger charge is 2.68. The van der Waals surface area contributed by atoms with Crippen LogP contribution in [0, 0.1) is 28.6 Å². The summed E-state index contributed by atoms with van der Waals surface area (Å²) in [6.07, 6.45) is 2.13. The zero-order valence-corrected chi connectivity index (χ0v) is 17.2. The van der Waals surface area contributed by atoms with Crippen molar-refractivity contribution in [3.8, 4) is 0 Å². The maximum absolute atomic E-state index is 12.6. The van der Waals surface area contributed by atoms with E-state index in [0.717, 1.165) is 24.8 Å². The highest BCUT2D eigenvalue weighted by Crippen LogP contribution is 2.70. The summed E-state index contributed by atoms with van der Waals surface area (Å²) < 4.78 is 47.4. The molecule has 7 atom stereocenters. The van der Waals surface area contributed by atoms with Crippen LogP contribution in [0.25, 0.3) is 0 Å². The lowest BCUT2D eigenvalue weighted by Gasteiger charge is -2.61. The molecule has 0 N–H and O–H groups in total. The lowest BCUT2D eigenvalue weighted by molar-refractivity contribution is -0.167. The monoisotopic (exact) mass is 393 g/mol. The molecule has 27 heavy (non-hydrogen) atoms. The summed E-state index contributed by atoms with van der Waals surface area (Å²) in [6, 6.07) is -0.115. The fraction of sp³-hybridized carbons (Fsp3) is 0.826. The van der Waals surface area contributed by atoms with Crippen LogP contribution in [0.5, 0.6) is 0 Å². The number of ether oxygens (including phenoxy) is 1. The van der Waals surface area contributed by atoms with Crippen LogP contribution in [-0.4, -0.2) is 28.9 Å². The highest BCUT2D eigenvalue weighted by molar-refractivity contribution is 7.99. The molecule has 0 unspecified atom stereocenters. The topological polar surface area (TPSA) is 43.4 Å². The van der Waals surface area contributed by atoms with Crippen LogP contribution < -0.4 is 0 Å². The molecule has 3 nitrogen and oxygen atoms in total. The number of fused-ring (bicyclic) bond motifs is 6. The van der Waals surface area contributed by atoms with Crippen molar-refractivity contribution < 1.29 is 21.2 Å². The summed E-state index contributed by atoms with van der Waals surface area (Å²) in [6.45, 7) is 4.25. The van der Waals surface area contributed by atoms with Gasteiger partial charge in [-0.05, 0) is 80.4 Å². The third kappa shape index (κ3) is 2.28. The number of hydrogen-bond donors (Lipinski definition) is 0. The quantitative estimate of drug-likeness (QED) is 0.592. The molecular weight excluding hydrogens is 356 g/mol. The molecule has 0 radical (unpaired) electrons. The van der Waals surface area contributed by atoms with Gasteiger partial charge in [0.2, 0.25) is 0 Å². The van der Waals surface area contributed by atoms with Crippen molar-refractivity contribution in [1.29, 1.82) is 0 Å². The summed E-state index contributed by atoms with van der Waals surface area (Å²) in [4.78, 5) is 24.9. The van der Waals surface area contributed by atoms with Gasteiger partial charge in [0.05, 0.1) is 1.37 Å². The summed E-state index contributed by atoms with van der Waals surface area (Å²) in [7, 11) is 0. The predicted octanol–water partition coefficient (Wildman–Crippen LogP) is 4.94. The van der Waals surface area contributed by atoms with Gasteiger partial charge in [0.1, 0.15) is 5.60 Å². The molecule has 4 heteroatoms. The van der Waals surface area contributed by atoms with Gasteiger partial charge in [0.15, 0.2) is 5.78 Å². The zero-order chi connectivity index (χ0) is 23.5. The van der Waals surface area contributed by atoms with Crippen molar-refractivity contribution in [1.82, 2.24) is 0 Å². The van der Waals surface area contributed by atoms with Gasteiger partial charge in [0, 0.05) is 28.9 Å². The molecule has 1 spiro atoms. The van der Waals surface area contributed by atoms with Crippen LogP contribution >= 0.6 is 11.8 Å². The van der Waals surface area contributed by atoms with Crippen LogP contribution in [0.2, 0.25) is 0 Å². The highest BCUT2D eigenvalue weighted by atomic mass is 32.2. The summed E-state index contributed by atoms with van der Waals surface area (Å²) in [5, 5.41) is 0.217. The maximum Gasteiger partial charge on any atom is 0.306 e. The molecule has 0 amide bonds. The van der Waals surface area contributed by atoms with Gasteiger partial charge in [-0.15, -0.1) is 0 Å². The van der Waals surface area contributed by atoms with Crippen molar-refractivity contribution in [3.05, 3.63) is 11.6 Å². The van der Waals surface area contributed by atoms with Gasteiger partial charge < -0.3 is 4.74 Å². The van der Waals surface area contributed by atoms with Gasteiger partial charge >= 0.3 is 5.97 Å². The summed E-state index contributed by atoms with van der Waals surface area (Å²) in [5.41, 5.74) is -0.769. The van der Waals surface area contributed by atoms with Crippen molar-refractivity contribution in [3.63, 3.8) is 0 Å². The summed E-state index contributed by atoms with van der Waals surface area (Å²) >= 11 is 1.76. The normalized spacial score (nSPS) is 58.3. The van der Waals surface area contributed by atoms with Gasteiger partial charge in [-0.25, -0.2) is 0 Å². The minimum Gasteiger partial charge on any atom is -0.458 e. The smallest absolute Gasteiger partial charge is 0.306 e. The van der Waals surface area contributed by atoms with E-state index in [2.05, 4.69) is 20.1 Å². The molecule has 4 fully saturated rings. The van der Waals surface area contributed by atoms with E-state index in [-0.39, 0.29) is 47.3 Å². The third-order valence-corrected chi connectivity index (χ3v) is 10.0. The molecule has 1 heterocycles. The lowest BCUT2D eigenvalue weighted by Crippen LogP contribution is -2.57. The Bertz CT molecular complexity index is 935. The van der Waals surface area contributed by atoms with Crippen molar-refractivity contribution in [2.45, 2.75) is 82.4 Å². The molecule has 148 valence electrons. The second-order valence-electron chi connectivity index (χ2n) is 9.70. The van der Waals surface area contributed by atoms with E-state index >= 15 is 0 Å². The minimum atomic E-state index is -2.01. The Labute approximate surface area is 174 Å². The van der Waals surface area contributed by atoms with Gasteiger partial charge in [-0.2, -0.15) is 11.8 Å². The maximum atomic E-state index is 12.6. The number of allylic oxidation sites excluding steroid dienone is 1. The molecule has 1 saturated heterocycles. The molecular formula is C23H32O3S. The Morgan fingerprint density at radius 2 is 1.93 bits per heavy atom. The number of carbonyl (C=O) groups is 2. The fourth-order valence-corrected chi connectivity index (χ4v) is 8.41. The van der Waals surface area contributed by atoms with E-state index in [4.69, 9.17) is 11.6 Å². The van der Waals surface area contributed by atoms with Gasteiger partial charge in [-0.1, -0.05) is 19.4 Å². The van der Waals surface area contributed by atoms with Crippen molar-refractivity contribution in [2.75, 3.05) is 6.26 Å².